The summed E-state index contributed by atoms with van der Waals surface area (Å²) < 4.78 is 0. The highest BCUT2D eigenvalue weighted by Crippen LogP contribution is 2.59. The van der Waals surface area contributed by atoms with Crippen molar-refractivity contribution in [3.63, 3.8) is 0 Å². The smallest absolute Gasteiger partial charge is 0.253 e. The maximum absolute atomic E-state index is 12.9. The fourth-order valence-corrected chi connectivity index (χ4v) is 4.47. The summed E-state index contributed by atoms with van der Waals surface area (Å²) in [5, 5.41) is 0. The van der Waals surface area contributed by atoms with Gasteiger partial charge in [-0.2, -0.15) is 0 Å². The van der Waals surface area contributed by atoms with Gasteiger partial charge in [-0.15, -0.1) is 0 Å². The van der Waals surface area contributed by atoms with E-state index in [1.807, 2.05) is 53.1 Å². The van der Waals surface area contributed by atoms with Crippen molar-refractivity contribution in [2.45, 2.75) is 25.7 Å². The highest BCUT2D eigenvalue weighted by atomic mass is 16.2. The van der Waals surface area contributed by atoms with E-state index in [9.17, 15) is 9.59 Å². The number of hydrogen-bond donors (Lipinski definition) is 0. The van der Waals surface area contributed by atoms with Crippen molar-refractivity contribution in [2.24, 2.45) is 11.3 Å². The van der Waals surface area contributed by atoms with Gasteiger partial charge in [0.05, 0.1) is 0 Å². The Labute approximate surface area is 149 Å². The molecule has 5 heteroatoms. The Morgan fingerprint density at radius 1 is 1.12 bits per heavy atom. The lowest BCUT2D eigenvalue weighted by Gasteiger charge is -2.20. The second-order valence-electron chi connectivity index (χ2n) is 8.07. The second-order valence-corrected chi connectivity index (χ2v) is 8.07. The largest absolute Gasteiger partial charge is 0.378 e. The molecular weight excluding hydrogens is 314 g/mol. The van der Waals surface area contributed by atoms with Crippen LogP contribution in [0, 0.1) is 11.3 Å². The molecule has 4 rings (SSSR count). The van der Waals surface area contributed by atoms with Crippen LogP contribution in [0.5, 0.6) is 0 Å². The number of anilines is 1. The van der Waals surface area contributed by atoms with E-state index in [2.05, 4.69) is 0 Å². The van der Waals surface area contributed by atoms with Crippen molar-refractivity contribution in [1.29, 1.82) is 0 Å². The van der Waals surface area contributed by atoms with Gasteiger partial charge in [-0.3, -0.25) is 9.59 Å². The number of hydrogen-bond acceptors (Lipinski definition) is 3. The van der Waals surface area contributed by atoms with E-state index >= 15 is 0 Å². The molecule has 25 heavy (non-hydrogen) atoms. The lowest BCUT2D eigenvalue weighted by molar-refractivity contribution is -0.132. The van der Waals surface area contributed by atoms with E-state index in [1.165, 1.54) is 0 Å². The zero-order valence-corrected chi connectivity index (χ0v) is 15.2. The molecule has 2 amide bonds. The average Bonchev–Trinajstić information content (AvgIpc) is 2.98. The first-order valence-corrected chi connectivity index (χ1v) is 9.36. The zero-order valence-electron chi connectivity index (χ0n) is 15.2. The summed E-state index contributed by atoms with van der Waals surface area (Å²) in [6, 6.07) is 7.78. The predicted molar refractivity (Wildman–Crippen MR) is 97.6 cm³/mol. The summed E-state index contributed by atoms with van der Waals surface area (Å²) in [6.07, 6.45) is 4.21. The number of nitrogens with zero attached hydrogens (tertiary/aromatic N) is 3. The summed E-state index contributed by atoms with van der Waals surface area (Å²) in [5.74, 6) is 0.581. The Hall–Kier alpha value is -2.04. The summed E-state index contributed by atoms with van der Waals surface area (Å²) in [6.45, 7) is 3.36. The van der Waals surface area contributed by atoms with Gasteiger partial charge in [0.15, 0.2) is 0 Å². The third-order valence-corrected chi connectivity index (χ3v) is 6.19. The Morgan fingerprint density at radius 2 is 1.88 bits per heavy atom. The van der Waals surface area contributed by atoms with Gasteiger partial charge in [0.2, 0.25) is 5.91 Å². The lowest BCUT2D eigenvalue weighted by atomic mass is 10.0. The molecule has 0 aromatic heterocycles. The van der Waals surface area contributed by atoms with Gasteiger partial charge in [0, 0.05) is 62.9 Å². The van der Waals surface area contributed by atoms with Gasteiger partial charge >= 0.3 is 0 Å². The van der Waals surface area contributed by atoms with Crippen molar-refractivity contribution in [2.75, 3.05) is 45.2 Å². The van der Waals surface area contributed by atoms with Crippen LogP contribution in [0.2, 0.25) is 0 Å². The highest BCUT2D eigenvalue weighted by molar-refractivity contribution is 5.95. The molecule has 2 atom stereocenters. The quantitative estimate of drug-likeness (QED) is 0.847. The Morgan fingerprint density at radius 3 is 2.60 bits per heavy atom. The molecule has 1 spiro atoms. The minimum absolute atomic E-state index is 0.0640. The zero-order chi connectivity index (χ0) is 17.6. The standard InChI is InChI=1S/C20H27N3O2/c1-21(2)16-7-5-6-15(12-16)18(24)23-11-8-20(14-23)13-17(20)19(25)22-9-3-4-10-22/h5-7,12,17H,3-4,8-11,13-14H2,1-2H3. The maximum atomic E-state index is 12.9. The normalized spacial score (nSPS) is 27.8. The fourth-order valence-electron chi connectivity index (χ4n) is 4.47. The molecule has 134 valence electrons. The third-order valence-electron chi connectivity index (χ3n) is 6.19. The molecule has 2 saturated heterocycles. The van der Waals surface area contributed by atoms with Gasteiger partial charge in [-0.05, 0) is 43.9 Å². The van der Waals surface area contributed by atoms with Crippen LogP contribution in [-0.4, -0.2) is 61.9 Å². The molecule has 2 heterocycles. The molecule has 3 fully saturated rings. The average molecular weight is 341 g/mol. The van der Waals surface area contributed by atoms with Crippen LogP contribution in [0.25, 0.3) is 0 Å². The SMILES string of the molecule is CN(C)c1cccc(C(=O)N2CCC3(CC3C(=O)N3CCCC3)C2)c1. The van der Waals surface area contributed by atoms with Crippen molar-refractivity contribution >= 4 is 17.5 Å². The molecule has 1 aromatic rings. The molecule has 3 aliphatic rings. The van der Waals surface area contributed by atoms with Crippen molar-refractivity contribution < 1.29 is 9.59 Å². The second kappa shape index (κ2) is 6.04. The van der Waals surface area contributed by atoms with Crippen molar-refractivity contribution in [3.8, 4) is 0 Å². The fraction of sp³-hybridized carbons (Fsp3) is 0.600. The van der Waals surface area contributed by atoms with E-state index in [0.717, 1.165) is 63.1 Å². The maximum Gasteiger partial charge on any atom is 0.253 e. The minimum Gasteiger partial charge on any atom is -0.378 e. The van der Waals surface area contributed by atoms with Crippen LogP contribution < -0.4 is 4.90 Å². The Balaban J connectivity index is 1.42. The Bertz CT molecular complexity index is 696. The number of carbonyl (C=O) groups excluding carboxylic acids is 2. The number of likely N-dealkylation sites (tertiary alicyclic amines) is 2. The summed E-state index contributed by atoms with van der Waals surface area (Å²) in [4.78, 5) is 31.5. The van der Waals surface area contributed by atoms with Gasteiger partial charge in [-0.25, -0.2) is 0 Å². The monoisotopic (exact) mass is 341 g/mol. The molecule has 0 N–H and O–H groups in total. The van der Waals surface area contributed by atoms with E-state index in [1.54, 1.807) is 0 Å². The van der Waals surface area contributed by atoms with Gasteiger partial charge in [0.25, 0.3) is 5.91 Å². The van der Waals surface area contributed by atoms with E-state index in [0.29, 0.717) is 5.91 Å². The van der Waals surface area contributed by atoms with Crippen LogP contribution in [0.3, 0.4) is 0 Å². The van der Waals surface area contributed by atoms with Crippen LogP contribution in [0.4, 0.5) is 5.69 Å². The summed E-state index contributed by atoms with van der Waals surface area (Å²) >= 11 is 0. The van der Waals surface area contributed by atoms with E-state index in [4.69, 9.17) is 0 Å². The van der Waals surface area contributed by atoms with Crippen LogP contribution in [0.15, 0.2) is 24.3 Å². The van der Waals surface area contributed by atoms with E-state index in [-0.39, 0.29) is 17.2 Å². The predicted octanol–water partition coefficient (Wildman–Crippen LogP) is 2.23. The van der Waals surface area contributed by atoms with Crippen LogP contribution in [-0.2, 0) is 4.79 Å². The topological polar surface area (TPSA) is 43.9 Å². The molecule has 1 aliphatic carbocycles. The number of rotatable bonds is 3. The number of carbonyl (C=O) groups is 2. The minimum atomic E-state index is 0.0640. The number of amides is 2. The molecule has 1 aromatic carbocycles. The number of benzene rings is 1. The van der Waals surface area contributed by atoms with Crippen molar-refractivity contribution in [1.82, 2.24) is 9.80 Å². The first-order chi connectivity index (χ1) is 12.0. The highest BCUT2D eigenvalue weighted by Gasteiger charge is 2.62. The summed E-state index contributed by atoms with van der Waals surface area (Å²) in [7, 11) is 3.96. The molecule has 5 nitrogen and oxygen atoms in total. The first-order valence-electron chi connectivity index (χ1n) is 9.36. The van der Waals surface area contributed by atoms with Crippen LogP contribution in [0.1, 0.15) is 36.0 Å². The molecule has 2 aliphatic heterocycles. The lowest BCUT2D eigenvalue weighted by Crippen LogP contribution is -2.33. The van der Waals surface area contributed by atoms with Crippen molar-refractivity contribution in [3.05, 3.63) is 29.8 Å². The first kappa shape index (κ1) is 16.4. The van der Waals surface area contributed by atoms with Gasteiger partial charge < -0.3 is 14.7 Å². The summed E-state index contributed by atoms with van der Waals surface area (Å²) in [5.41, 5.74) is 1.84. The molecule has 2 unspecified atom stereocenters. The molecular formula is C20H27N3O2. The van der Waals surface area contributed by atoms with Gasteiger partial charge in [-0.1, -0.05) is 6.07 Å². The molecule has 0 bridgehead atoms. The molecule has 0 radical (unpaired) electrons. The third kappa shape index (κ3) is 2.90. The Kier molecular flexibility index (Phi) is 3.97. The molecule has 1 saturated carbocycles. The van der Waals surface area contributed by atoms with E-state index < -0.39 is 0 Å². The van der Waals surface area contributed by atoms with Crippen LogP contribution >= 0.6 is 0 Å². The van der Waals surface area contributed by atoms with Gasteiger partial charge in [0.1, 0.15) is 0 Å².